The molecule has 2 radical (unpaired) electrons. The average Bonchev–Trinajstić information content (AvgIpc) is 2.29. The maximum absolute atomic E-state index is 9.42. The molecule has 68 valence electrons. The summed E-state index contributed by atoms with van der Waals surface area (Å²) in [5, 5.41) is 9.42. The first kappa shape index (κ1) is 9.99. The number of aliphatic hydroxyl groups is 1. The van der Waals surface area contributed by atoms with Gasteiger partial charge in [-0.05, 0) is 0 Å². The van der Waals surface area contributed by atoms with Gasteiger partial charge in [-0.1, -0.05) is 0 Å². The Kier molecular flexibility index (Phi) is 3.52. The van der Waals surface area contributed by atoms with Crippen molar-refractivity contribution in [1.82, 2.24) is 0 Å². The number of hydrogen-bond donors (Lipinski definition) is 1. The normalized spacial score (nSPS) is 41.9. The molecule has 0 amide bonds. The first-order chi connectivity index (χ1) is 5.70. The van der Waals surface area contributed by atoms with E-state index in [-0.39, 0.29) is 12.2 Å². The van der Waals surface area contributed by atoms with E-state index >= 15 is 0 Å². The SMILES string of the molecule is [B][C@@H]1O[C@H](COC)C(OC)C1O. The highest BCUT2D eigenvalue weighted by molar-refractivity contribution is 6.11. The zero-order valence-corrected chi connectivity index (χ0v) is 7.27. The van der Waals surface area contributed by atoms with E-state index in [2.05, 4.69) is 0 Å². The van der Waals surface area contributed by atoms with Crippen molar-refractivity contribution in [3.05, 3.63) is 0 Å². The molecule has 1 rings (SSSR count). The van der Waals surface area contributed by atoms with Gasteiger partial charge in [0.25, 0.3) is 0 Å². The molecule has 1 aliphatic heterocycles. The van der Waals surface area contributed by atoms with E-state index < -0.39 is 12.1 Å². The second kappa shape index (κ2) is 4.23. The minimum Gasteiger partial charge on any atom is -0.388 e. The van der Waals surface area contributed by atoms with Crippen LogP contribution in [0, 0.1) is 0 Å². The third-order valence-corrected chi connectivity index (χ3v) is 1.97. The van der Waals surface area contributed by atoms with Crippen molar-refractivity contribution in [1.29, 1.82) is 0 Å². The first-order valence-electron chi connectivity index (χ1n) is 3.81. The van der Waals surface area contributed by atoms with Crippen molar-refractivity contribution in [2.24, 2.45) is 0 Å². The second-order valence-electron chi connectivity index (χ2n) is 2.79. The fourth-order valence-electron chi connectivity index (χ4n) is 1.36. The molecule has 4 atom stereocenters. The van der Waals surface area contributed by atoms with Crippen LogP contribution in [0.3, 0.4) is 0 Å². The highest BCUT2D eigenvalue weighted by atomic mass is 16.6. The first-order valence-corrected chi connectivity index (χ1v) is 3.81. The van der Waals surface area contributed by atoms with E-state index in [9.17, 15) is 5.11 Å². The van der Waals surface area contributed by atoms with Gasteiger partial charge in [-0.25, -0.2) is 0 Å². The number of ether oxygens (including phenoxy) is 3. The zero-order valence-electron chi connectivity index (χ0n) is 7.27. The van der Waals surface area contributed by atoms with Crippen LogP contribution in [0.5, 0.6) is 0 Å². The predicted octanol–water partition coefficient (Wildman–Crippen LogP) is -1.10. The molecular weight excluding hydrogens is 159 g/mol. The Balaban J connectivity index is 2.52. The third kappa shape index (κ3) is 1.80. The Morgan fingerprint density at radius 3 is 2.67 bits per heavy atom. The molecule has 5 heteroatoms. The van der Waals surface area contributed by atoms with Crippen molar-refractivity contribution in [3.8, 4) is 0 Å². The molecule has 2 unspecified atom stereocenters. The van der Waals surface area contributed by atoms with Crippen LogP contribution in [0.4, 0.5) is 0 Å². The van der Waals surface area contributed by atoms with Gasteiger partial charge in [0.05, 0.1) is 6.61 Å². The highest BCUT2D eigenvalue weighted by Gasteiger charge is 2.40. The maximum Gasteiger partial charge on any atom is 0.113 e. The summed E-state index contributed by atoms with van der Waals surface area (Å²) in [6.07, 6.45) is -1.43. The summed E-state index contributed by atoms with van der Waals surface area (Å²) in [6, 6.07) is -0.671. The van der Waals surface area contributed by atoms with Crippen LogP contribution in [0.1, 0.15) is 0 Å². The van der Waals surface area contributed by atoms with Gasteiger partial charge >= 0.3 is 0 Å². The van der Waals surface area contributed by atoms with Gasteiger partial charge in [-0.3, -0.25) is 0 Å². The Labute approximate surface area is 73.2 Å². The van der Waals surface area contributed by atoms with Gasteiger partial charge in [0.2, 0.25) is 0 Å². The Bertz CT molecular complexity index is 143. The van der Waals surface area contributed by atoms with Gasteiger partial charge in [0.15, 0.2) is 0 Å². The van der Waals surface area contributed by atoms with Gasteiger partial charge in [-0.15, -0.1) is 0 Å². The van der Waals surface area contributed by atoms with E-state index in [0.717, 1.165) is 0 Å². The quantitative estimate of drug-likeness (QED) is 0.549. The van der Waals surface area contributed by atoms with E-state index in [0.29, 0.717) is 6.61 Å². The summed E-state index contributed by atoms with van der Waals surface area (Å²) in [5.74, 6) is 0. The van der Waals surface area contributed by atoms with Crippen molar-refractivity contribution < 1.29 is 19.3 Å². The fourth-order valence-corrected chi connectivity index (χ4v) is 1.36. The maximum atomic E-state index is 9.42. The van der Waals surface area contributed by atoms with Crippen LogP contribution < -0.4 is 0 Å². The average molecular weight is 172 g/mol. The minimum atomic E-state index is -0.768. The van der Waals surface area contributed by atoms with Crippen LogP contribution >= 0.6 is 0 Å². The van der Waals surface area contributed by atoms with Crippen LogP contribution in [0.15, 0.2) is 0 Å². The summed E-state index contributed by atoms with van der Waals surface area (Å²) < 4.78 is 15.1. The number of aliphatic hydroxyl groups excluding tert-OH is 1. The molecule has 0 spiro atoms. The van der Waals surface area contributed by atoms with Crippen LogP contribution in [0.2, 0.25) is 0 Å². The molecule has 0 aliphatic carbocycles. The van der Waals surface area contributed by atoms with Gasteiger partial charge in [0.1, 0.15) is 26.2 Å². The van der Waals surface area contributed by atoms with Crippen molar-refractivity contribution >= 4 is 7.85 Å². The molecular formula is C7H13BO4. The van der Waals surface area contributed by atoms with Gasteiger partial charge < -0.3 is 19.3 Å². The summed E-state index contributed by atoms with van der Waals surface area (Å²) in [4.78, 5) is 0. The minimum absolute atomic E-state index is 0.273. The molecule has 1 saturated heterocycles. The van der Waals surface area contributed by atoms with E-state index in [4.69, 9.17) is 22.1 Å². The topological polar surface area (TPSA) is 47.9 Å². The molecule has 0 saturated carbocycles. The van der Waals surface area contributed by atoms with Crippen LogP contribution in [-0.4, -0.2) is 58.1 Å². The Morgan fingerprint density at radius 2 is 2.17 bits per heavy atom. The fraction of sp³-hybridized carbons (Fsp3) is 1.00. The Hall–Kier alpha value is -0.0951. The van der Waals surface area contributed by atoms with Crippen molar-refractivity contribution in [2.75, 3.05) is 20.8 Å². The molecule has 0 aromatic rings. The monoisotopic (exact) mass is 172 g/mol. The summed E-state index contributed by atoms with van der Waals surface area (Å²) in [7, 11) is 8.53. The molecule has 1 fully saturated rings. The molecule has 0 aromatic heterocycles. The second-order valence-corrected chi connectivity index (χ2v) is 2.79. The molecule has 1 N–H and O–H groups in total. The number of hydrogen-bond acceptors (Lipinski definition) is 4. The van der Waals surface area contributed by atoms with Crippen LogP contribution in [-0.2, 0) is 14.2 Å². The van der Waals surface area contributed by atoms with Crippen molar-refractivity contribution in [2.45, 2.75) is 24.3 Å². The third-order valence-electron chi connectivity index (χ3n) is 1.97. The lowest BCUT2D eigenvalue weighted by molar-refractivity contribution is -0.0404. The Morgan fingerprint density at radius 1 is 1.50 bits per heavy atom. The van der Waals surface area contributed by atoms with E-state index in [1.807, 2.05) is 0 Å². The predicted molar refractivity (Wildman–Crippen MR) is 43.1 cm³/mol. The van der Waals surface area contributed by atoms with E-state index in [1.165, 1.54) is 7.11 Å². The molecule has 12 heavy (non-hydrogen) atoms. The smallest absolute Gasteiger partial charge is 0.113 e. The lowest BCUT2D eigenvalue weighted by Gasteiger charge is -2.17. The standard InChI is InChI=1S/C7H13BO4/c1-10-3-4-6(11-2)5(9)7(8)12-4/h4-7,9H,3H2,1-2H3/t4-,5?,6?,7-/m1/s1. The van der Waals surface area contributed by atoms with Crippen molar-refractivity contribution in [3.63, 3.8) is 0 Å². The summed E-state index contributed by atoms with van der Waals surface area (Å²) >= 11 is 0. The summed E-state index contributed by atoms with van der Waals surface area (Å²) in [5.41, 5.74) is 0. The van der Waals surface area contributed by atoms with Gasteiger partial charge in [0, 0.05) is 20.2 Å². The number of rotatable bonds is 3. The molecule has 1 aliphatic rings. The lowest BCUT2D eigenvalue weighted by atomic mass is 9.93. The van der Waals surface area contributed by atoms with Crippen LogP contribution in [0.25, 0.3) is 0 Å². The highest BCUT2D eigenvalue weighted by Crippen LogP contribution is 2.21. The largest absolute Gasteiger partial charge is 0.388 e. The van der Waals surface area contributed by atoms with Gasteiger partial charge in [-0.2, -0.15) is 0 Å². The zero-order chi connectivity index (χ0) is 9.14. The summed E-state index contributed by atoms with van der Waals surface area (Å²) in [6.45, 7) is 0.378. The van der Waals surface area contributed by atoms with E-state index in [1.54, 1.807) is 7.11 Å². The molecule has 1 heterocycles. The molecule has 0 aromatic carbocycles. The molecule has 0 bridgehead atoms. The lowest BCUT2D eigenvalue weighted by Crippen LogP contribution is -2.36. The number of methoxy groups -OCH3 is 2. The molecule has 4 nitrogen and oxygen atoms in total.